The van der Waals surface area contributed by atoms with Crippen LogP contribution >= 0.6 is 0 Å². The molecule has 17 heteroatoms. The lowest BCUT2D eigenvalue weighted by Gasteiger charge is -2.41. The van der Waals surface area contributed by atoms with Crippen LogP contribution in [0.25, 0.3) is 0 Å². The number of nitrogens with one attached hydrogen (secondary N) is 3. The van der Waals surface area contributed by atoms with Gasteiger partial charge in [0.1, 0.15) is 6.04 Å². The number of carbonyl (C=O) groups excluding carboxylic acids is 7. The van der Waals surface area contributed by atoms with Crippen LogP contribution in [0.15, 0.2) is 35.4 Å². The van der Waals surface area contributed by atoms with E-state index in [2.05, 4.69) is 34.0 Å². The van der Waals surface area contributed by atoms with E-state index in [-0.39, 0.29) is 71.9 Å². The third kappa shape index (κ3) is 18.5. The highest BCUT2D eigenvalue weighted by molar-refractivity contribution is 6.06. The monoisotopic (exact) mass is 981 g/mol. The number of methoxy groups -OCH3 is 2. The molecule has 1 aliphatic heterocycles. The van der Waals surface area contributed by atoms with Gasteiger partial charge in [0.05, 0.1) is 54.4 Å². The number of unbranched alkanes of at least 4 members (excludes halogenated alkanes) is 2. The van der Waals surface area contributed by atoms with Crippen molar-refractivity contribution in [3.05, 3.63) is 35.9 Å². The van der Waals surface area contributed by atoms with Gasteiger partial charge in [0.25, 0.3) is 0 Å². The maximum atomic E-state index is 14.4. The van der Waals surface area contributed by atoms with Crippen LogP contribution in [0.3, 0.4) is 0 Å². The molecule has 0 aliphatic carbocycles. The van der Waals surface area contributed by atoms with Crippen molar-refractivity contribution in [1.82, 2.24) is 35.7 Å². The molecule has 0 saturated carbocycles. The van der Waals surface area contributed by atoms with Gasteiger partial charge in [0, 0.05) is 54.6 Å². The van der Waals surface area contributed by atoms with Gasteiger partial charge in [-0.3, -0.25) is 43.4 Å². The largest absolute Gasteiger partial charge is 0.379 e. The van der Waals surface area contributed by atoms with Gasteiger partial charge in [0.2, 0.25) is 41.4 Å². The van der Waals surface area contributed by atoms with Gasteiger partial charge in [0.15, 0.2) is 0 Å². The van der Waals surface area contributed by atoms with E-state index in [4.69, 9.17) is 9.47 Å². The molecule has 1 fully saturated rings. The Hall–Kier alpha value is -5.18. The van der Waals surface area contributed by atoms with E-state index in [9.17, 15) is 33.6 Å². The highest BCUT2D eigenvalue weighted by atomic mass is 16.5. The van der Waals surface area contributed by atoms with Crippen LogP contribution < -0.4 is 16.1 Å². The number of terminal acetylenes is 1. The zero-order valence-electron chi connectivity index (χ0n) is 45.1. The van der Waals surface area contributed by atoms with Crippen LogP contribution in [-0.4, -0.2) is 158 Å². The maximum Gasteiger partial charge on any atom is 0.245 e. The lowest BCUT2D eigenvalue weighted by Crippen LogP contribution is -2.60. The predicted octanol–water partition coefficient (Wildman–Crippen LogP) is 5.25. The second kappa shape index (κ2) is 31.9. The third-order valence-corrected chi connectivity index (χ3v) is 13.7. The summed E-state index contributed by atoms with van der Waals surface area (Å²) >= 11 is 0. The van der Waals surface area contributed by atoms with Crippen LogP contribution in [0, 0.1) is 36.5 Å². The summed E-state index contributed by atoms with van der Waals surface area (Å²) in [6, 6.07) is 6.51. The normalized spacial score (nSPS) is 17.6. The number of likely N-dealkylation sites (N-methyl/N-ethyl adjacent to an activating group) is 2. The molecule has 0 bridgehead atoms. The summed E-state index contributed by atoms with van der Waals surface area (Å²) in [5.41, 5.74) is 3.79. The van der Waals surface area contributed by atoms with Gasteiger partial charge in [-0.05, 0) is 70.0 Å². The fraction of sp³-hybridized carbons (Fsp3) is 0.698. The van der Waals surface area contributed by atoms with Gasteiger partial charge in [-0.25, -0.2) is 5.43 Å². The summed E-state index contributed by atoms with van der Waals surface area (Å²) in [5, 5.41) is 10.6. The Bertz CT molecular complexity index is 1860. The maximum absolute atomic E-state index is 14.4. The molecule has 70 heavy (non-hydrogen) atoms. The molecule has 0 radical (unpaired) electrons. The zero-order chi connectivity index (χ0) is 53.4. The summed E-state index contributed by atoms with van der Waals surface area (Å²) in [4.78, 5) is 99.4. The fourth-order valence-corrected chi connectivity index (χ4v) is 9.38. The highest BCUT2D eigenvalue weighted by Crippen LogP contribution is 2.30. The van der Waals surface area contributed by atoms with Crippen molar-refractivity contribution in [2.24, 2.45) is 28.8 Å². The molecule has 1 aromatic rings. The van der Waals surface area contributed by atoms with Crippen molar-refractivity contribution >= 4 is 47.1 Å². The number of rotatable bonds is 28. The molecular formula is C53H88N8O9. The summed E-state index contributed by atoms with van der Waals surface area (Å²) < 4.78 is 12.1. The number of imide groups is 1. The molecule has 7 amide bonds. The summed E-state index contributed by atoms with van der Waals surface area (Å²) in [5.74, 6) is -2.74. The van der Waals surface area contributed by atoms with E-state index in [1.165, 1.54) is 18.7 Å². The lowest BCUT2D eigenvalue weighted by atomic mass is 9.89. The van der Waals surface area contributed by atoms with Crippen LogP contribution in [0.5, 0.6) is 0 Å². The molecule has 394 valence electrons. The minimum atomic E-state index is -0.790. The standard InChI is InChI=1S/C51H86N8O9.C2H2/c1-16-33(5)46(57(13)51(66)44(32(3)4)53-50(65)47(56(11)12)34(6)17-2)41(67-14)31-43(63)59-30-24-27-40(59)48(68-15)35(7)49(64)52-36(8)45(39-25-20-18-21-26-39)55-54-42(62)28-22-19-23-29-58(37(9)60)38(10)61;1-2/h18,20-21,25-26,32-36,40-41,44,46-48H,16-17,19,22-24,27-31H2,1-15H3,(H,52,64)(H,53,65)(H,54,62);1-2H/b55-45-;/t33?,34?,35?,36?,40?,41?,44-,46?,47?,48?;/m0./s1. The molecule has 10 atom stereocenters. The molecule has 2 rings (SSSR count). The Morgan fingerprint density at radius 3 is 1.93 bits per heavy atom. The SMILES string of the molecule is C#C.CCC(C)C(C(=O)N[C@H](C(=O)N(C)C(C(C)CC)C(CC(=O)N1CCCC1C(OC)C(C)C(=O)NC(C)/C(=N/NC(=O)CCCCCN(C(C)=O)C(C)=O)c1ccccc1)OC)C(C)C)N(C)C. The van der Waals surface area contributed by atoms with Gasteiger partial charge < -0.3 is 29.9 Å². The second-order valence-electron chi connectivity index (χ2n) is 19.2. The van der Waals surface area contributed by atoms with Crippen molar-refractivity contribution in [2.75, 3.05) is 48.5 Å². The van der Waals surface area contributed by atoms with Crippen LogP contribution in [-0.2, 0) is 43.0 Å². The predicted molar refractivity (Wildman–Crippen MR) is 275 cm³/mol. The topological polar surface area (TPSA) is 199 Å². The molecule has 0 aromatic heterocycles. The first kappa shape index (κ1) is 62.8. The Morgan fingerprint density at radius 2 is 1.41 bits per heavy atom. The van der Waals surface area contributed by atoms with E-state index < -0.39 is 48.3 Å². The number of likely N-dealkylation sites (tertiary alicyclic amines) is 1. The second-order valence-corrected chi connectivity index (χ2v) is 19.2. The first-order valence-corrected chi connectivity index (χ1v) is 25.0. The van der Waals surface area contributed by atoms with E-state index in [0.29, 0.717) is 62.9 Å². The highest BCUT2D eigenvalue weighted by Gasteiger charge is 2.43. The van der Waals surface area contributed by atoms with Crippen molar-refractivity contribution in [3.63, 3.8) is 0 Å². The molecular weight excluding hydrogens is 893 g/mol. The first-order chi connectivity index (χ1) is 33.1. The minimum absolute atomic E-state index is 0.00987. The number of hydrogen-bond acceptors (Lipinski definition) is 11. The van der Waals surface area contributed by atoms with Gasteiger partial charge in [-0.2, -0.15) is 5.10 Å². The molecule has 1 aromatic carbocycles. The van der Waals surface area contributed by atoms with Crippen molar-refractivity contribution < 1.29 is 43.0 Å². The fourth-order valence-electron chi connectivity index (χ4n) is 9.38. The van der Waals surface area contributed by atoms with Gasteiger partial charge in [-0.15, -0.1) is 12.8 Å². The van der Waals surface area contributed by atoms with Crippen molar-refractivity contribution in [3.8, 4) is 12.8 Å². The average Bonchev–Trinajstić information content (AvgIpc) is 3.81. The Kier molecular flexibility index (Phi) is 28.7. The lowest BCUT2D eigenvalue weighted by molar-refractivity contribution is -0.148. The first-order valence-electron chi connectivity index (χ1n) is 25.0. The quantitative estimate of drug-likeness (QED) is 0.0431. The number of hydrogen-bond donors (Lipinski definition) is 3. The number of amides is 7. The van der Waals surface area contributed by atoms with E-state index in [0.717, 1.165) is 6.42 Å². The van der Waals surface area contributed by atoms with Crippen molar-refractivity contribution in [2.45, 2.75) is 169 Å². The Labute approximate surface area is 419 Å². The number of carbonyl (C=O) groups is 7. The summed E-state index contributed by atoms with van der Waals surface area (Å²) in [7, 11) is 8.56. The van der Waals surface area contributed by atoms with Gasteiger partial charge in [-0.1, -0.05) is 98.1 Å². The number of benzene rings is 1. The zero-order valence-corrected chi connectivity index (χ0v) is 45.1. The van der Waals surface area contributed by atoms with Crippen LogP contribution in [0.1, 0.15) is 133 Å². The molecule has 0 spiro atoms. The molecule has 1 heterocycles. The van der Waals surface area contributed by atoms with Crippen LogP contribution in [0.4, 0.5) is 0 Å². The van der Waals surface area contributed by atoms with E-state index >= 15 is 0 Å². The minimum Gasteiger partial charge on any atom is -0.379 e. The molecule has 3 N–H and O–H groups in total. The molecule has 1 saturated heterocycles. The van der Waals surface area contributed by atoms with Crippen molar-refractivity contribution in [1.29, 1.82) is 0 Å². The average molecular weight is 981 g/mol. The molecule has 9 unspecified atom stereocenters. The number of nitrogens with zero attached hydrogens (tertiary/aromatic N) is 5. The Morgan fingerprint density at radius 1 is 0.814 bits per heavy atom. The van der Waals surface area contributed by atoms with Gasteiger partial charge >= 0.3 is 0 Å². The smallest absolute Gasteiger partial charge is 0.245 e. The molecule has 1 aliphatic rings. The Balaban J connectivity index is 0.0000121. The summed E-state index contributed by atoms with van der Waals surface area (Å²) in [6.07, 6.45) is 11.4. The number of ether oxygens (including phenoxy) is 2. The van der Waals surface area contributed by atoms with Crippen LogP contribution in [0.2, 0.25) is 0 Å². The van der Waals surface area contributed by atoms with E-state index in [1.54, 1.807) is 44.9 Å². The summed E-state index contributed by atoms with van der Waals surface area (Å²) in [6.45, 7) is 19.0. The molecule has 17 nitrogen and oxygen atoms in total. The number of hydrazone groups is 1. The third-order valence-electron chi connectivity index (χ3n) is 13.7. The van der Waals surface area contributed by atoms with E-state index in [1.807, 2.05) is 90.9 Å².